The Kier molecular flexibility index (Phi) is 2.81. The standard InChI is InChI=1S/C13H18N4/c14-8-2-1-5-12-16-11-4-3-9-15-13(11)17(12)10-6-7-10/h3-4,9-10H,1-2,5-8,14H2. The molecule has 3 rings (SSSR count). The maximum absolute atomic E-state index is 5.54. The first-order valence-corrected chi connectivity index (χ1v) is 6.42. The van der Waals surface area contributed by atoms with E-state index in [1.54, 1.807) is 0 Å². The van der Waals surface area contributed by atoms with Crippen molar-refractivity contribution in [1.82, 2.24) is 14.5 Å². The van der Waals surface area contributed by atoms with Gasteiger partial charge in [-0.25, -0.2) is 9.97 Å². The summed E-state index contributed by atoms with van der Waals surface area (Å²) in [6.45, 7) is 0.766. The highest BCUT2D eigenvalue weighted by Gasteiger charge is 2.28. The van der Waals surface area contributed by atoms with Gasteiger partial charge in [0.05, 0.1) is 0 Å². The van der Waals surface area contributed by atoms with Crippen LogP contribution in [-0.2, 0) is 6.42 Å². The van der Waals surface area contributed by atoms with E-state index in [1.165, 1.54) is 18.7 Å². The fourth-order valence-electron chi connectivity index (χ4n) is 2.30. The van der Waals surface area contributed by atoms with Crippen molar-refractivity contribution in [1.29, 1.82) is 0 Å². The minimum atomic E-state index is 0.641. The molecule has 0 aliphatic heterocycles. The lowest BCUT2D eigenvalue weighted by Crippen LogP contribution is -2.04. The van der Waals surface area contributed by atoms with Gasteiger partial charge in [-0.05, 0) is 44.4 Å². The van der Waals surface area contributed by atoms with Crippen molar-refractivity contribution in [2.75, 3.05) is 6.54 Å². The number of unbranched alkanes of at least 4 members (excludes halogenated alkanes) is 1. The average molecular weight is 230 g/mol. The van der Waals surface area contributed by atoms with Crippen LogP contribution >= 0.6 is 0 Å². The molecule has 0 unspecified atom stereocenters. The zero-order valence-corrected chi connectivity index (χ0v) is 9.97. The van der Waals surface area contributed by atoms with E-state index in [0.717, 1.165) is 37.0 Å². The van der Waals surface area contributed by atoms with Crippen LogP contribution in [0.3, 0.4) is 0 Å². The highest BCUT2D eigenvalue weighted by atomic mass is 15.2. The fraction of sp³-hybridized carbons (Fsp3) is 0.538. The van der Waals surface area contributed by atoms with Crippen LogP contribution in [0.5, 0.6) is 0 Å². The summed E-state index contributed by atoms with van der Waals surface area (Å²) in [5.74, 6) is 1.19. The van der Waals surface area contributed by atoms with Gasteiger partial charge >= 0.3 is 0 Å². The zero-order chi connectivity index (χ0) is 11.7. The van der Waals surface area contributed by atoms with Crippen molar-refractivity contribution in [2.24, 2.45) is 5.73 Å². The SMILES string of the molecule is NCCCCc1nc2cccnc2n1C1CC1. The number of rotatable bonds is 5. The Morgan fingerprint density at radius 2 is 2.24 bits per heavy atom. The monoisotopic (exact) mass is 230 g/mol. The van der Waals surface area contributed by atoms with Crippen LogP contribution < -0.4 is 5.73 Å². The lowest BCUT2D eigenvalue weighted by Gasteiger charge is -2.06. The number of hydrogen-bond acceptors (Lipinski definition) is 3. The normalized spacial score (nSPS) is 15.6. The molecule has 0 atom stereocenters. The number of imidazole rings is 1. The predicted octanol–water partition coefficient (Wildman–Crippen LogP) is 2.05. The maximum atomic E-state index is 5.54. The minimum Gasteiger partial charge on any atom is -0.330 e. The molecule has 1 saturated carbocycles. The third-order valence-corrected chi connectivity index (χ3v) is 3.29. The lowest BCUT2D eigenvalue weighted by molar-refractivity contribution is 0.649. The quantitative estimate of drug-likeness (QED) is 0.800. The van der Waals surface area contributed by atoms with Crippen LogP contribution in [0, 0.1) is 0 Å². The third kappa shape index (κ3) is 2.05. The van der Waals surface area contributed by atoms with E-state index in [1.807, 2.05) is 18.3 Å². The highest BCUT2D eigenvalue weighted by Crippen LogP contribution is 2.38. The smallest absolute Gasteiger partial charge is 0.160 e. The number of aryl methyl sites for hydroxylation is 1. The molecule has 2 aromatic rings. The summed E-state index contributed by atoms with van der Waals surface area (Å²) in [5, 5.41) is 0. The van der Waals surface area contributed by atoms with E-state index in [-0.39, 0.29) is 0 Å². The summed E-state index contributed by atoms with van der Waals surface area (Å²) < 4.78 is 2.34. The molecule has 1 aliphatic carbocycles. The molecule has 2 N–H and O–H groups in total. The van der Waals surface area contributed by atoms with Crippen LogP contribution in [0.1, 0.15) is 37.5 Å². The van der Waals surface area contributed by atoms with Gasteiger partial charge in [-0.2, -0.15) is 0 Å². The van der Waals surface area contributed by atoms with E-state index in [2.05, 4.69) is 9.55 Å². The Morgan fingerprint density at radius 1 is 1.35 bits per heavy atom. The molecule has 1 aliphatic rings. The molecule has 0 aromatic carbocycles. The van der Waals surface area contributed by atoms with E-state index in [4.69, 9.17) is 10.7 Å². The van der Waals surface area contributed by atoms with Crippen LogP contribution in [0.25, 0.3) is 11.2 Å². The second-order valence-electron chi connectivity index (χ2n) is 4.72. The molecular formula is C13H18N4. The van der Waals surface area contributed by atoms with Gasteiger partial charge in [-0.15, -0.1) is 0 Å². The summed E-state index contributed by atoms with van der Waals surface area (Å²) in [4.78, 5) is 9.17. The van der Waals surface area contributed by atoms with Gasteiger partial charge in [0.15, 0.2) is 5.65 Å². The van der Waals surface area contributed by atoms with Gasteiger partial charge in [0.2, 0.25) is 0 Å². The first-order chi connectivity index (χ1) is 8.40. The Labute approximate surface area is 101 Å². The maximum Gasteiger partial charge on any atom is 0.160 e. The summed E-state index contributed by atoms with van der Waals surface area (Å²) in [5.41, 5.74) is 7.62. The van der Waals surface area contributed by atoms with E-state index < -0.39 is 0 Å². The van der Waals surface area contributed by atoms with Crippen LogP contribution in [0.15, 0.2) is 18.3 Å². The van der Waals surface area contributed by atoms with Gasteiger partial charge < -0.3 is 10.3 Å². The van der Waals surface area contributed by atoms with Gasteiger partial charge in [-0.3, -0.25) is 0 Å². The molecule has 0 radical (unpaired) electrons. The molecule has 17 heavy (non-hydrogen) atoms. The zero-order valence-electron chi connectivity index (χ0n) is 9.97. The highest BCUT2D eigenvalue weighted by molar-refractivity contribution is 5.71. The molecule has 1 fully saturated rings. The first kappa shape index (κ1) is 10.7. The van der Waals surface area contributed by atoms with Gasteiger partial charge in [0.25, 0.3) is 0 Å². The predicted molar refractivity (Wildman–Crippen MR) is 67.8 cm³/mol. The number of pyridine rings is 1. The van der Waals surface area contributed by atoms with Crippen molar-refractivity contribution in [3.63, 3.8) is 0 Å². The Hall–Kier alpha value is -1.42. The largest absolute Gasteiger partial charge is 0.330 e. The van der Waals surface area contributed by atoms with Crippen LogP contribution in [0.4, 0.5) is 0 Å². The van der Waals surface area contributed by atoms with Crippen molar-refractivity contribution < 1.29 is 0 Å². The summed E-state index contributed by atoms with van der Waals surface area (Å²) in [7, 11) is 0. The minimum absolute atomic E-state index is 0.641. The summed E-state index contributed by atoms with van der Waals surface area (Å²) in [6, 6.07) is 4.65. The molecule has 90 valence electrons. The molecule has 0 bridgehead atoms. The number of nitrogens with zero attached hydrogens (tertiary/aromatic N) is 3. The number of hydrogen-bond donors (Lipinski definition) is 1. The Balaban J connectivity index is 1.95. The molecule has 2 aromatic heterocycles. The second-order valence-corrected chi connectivity index (χ2v) is 4.72. The van der Waals surface area contributed by atoms with Crippen LogP contribution in [-0.4, -0.2) is 21.1 Å². The average Bonchev–Trinajstić information content (AvgIpc) is 3.11. The number of nitrogens with two attached hydrogens (primary N) is 1. The Bertz CT molecular complexity index is 513. The van der Waals surface area contributed by atoms with E-state index in [0.29, 0.717) is 6.04 Å². The number of fused-ring (bicyclic) bond motifs is 1. The molecule has 4 nitrogen and oxygen atoms in total. The van der Waals surface area contributed by atoms with Crippen molar-refractivity contribution in [2.45, 2.75) is 38.1 Å². The van der Waals surface area contributed by atoms with Crippen molar-refractivity contribution in [3.05, 3.63) is 24.2 Å². The molecule has 4 heteroatoms. The Morgan fingerprint density at radius 3 is 3.00 bits per heavy atom. The van der Waals surface area contributed by atoms with Crippen molar-refractivity contribution >= 4 is 11.2 Å². The lowest BCUT2D eigenvalue weighted by atomic mass is 10.2. The first-order valence-electron chi connectivity index (χ1n) is 6.42. The summed E-state index contributed by atoms with van der Waals surface area (Å²) in [6.07, 6.45) is 7.60. The van der Waals surface area contributed by atoms with Gasteiger partial charge in [0.1, 0.15) is 11.3 Å². The van der Waals surface area contributed by atoms with Gasteiger partial charge in [-0.1, -0.05) is 0 Å². The van der Waals surface area contributed by atoms with Gasteiger partial charge in [0, 0.05) is 18.7 Å². The second kappa shape index (κ2) is 4.45. The third-order valence-electron chi connectivity index (χ3n) is 3.29. The van der Waals surface area contributed by atoms with E-state index >= 15 is 0 Å². The molecule has 0 spiro atoms. The molecule has 0 amide bonds. The summed E-state index contributed by atoms with van der Waals surface area (Å²) >= 11 is 0. The number of aromatic nitrogens is 3. The van der Waals surface area contributed by atoms with E-state index in [9.17, 15) is 0 Å². The molecule has 0 saturated heterocycles. The fourth-order valence-corrected chi connectivity index (χ4v) is 2.30. The van der Waals surface area contributed by atoms with Crippen molar-refractivity contribution in [3.8, 4) is 0 Å². The molecular weight excluding hydrogens is 212 g/mol. The van der Waals surface area contributed by atoms with Crippen LogP contribution in [0.2, 0.25) is 0 Å². The topological polar surface area (TPSA) is 56.7 Å². The molecule has 2 heterocycles.